The van der Waals surface area contributed by atoms with Crippen molar-refractivity contribution in [1.29, 1.82) is 0 Å². The quantitative estimate of drug-likeness (QED) is 0.702. The molecule has 2 aromatic heterocycles. The van der Waals surface area contributed by atoms with Crippen molar-refractivity contribution in [3.63, 3.8) is 0 Å². The predicted octanol–water partition coefficient (Wildman–Crippen LogP) is 2.61. The van der Waals surface area contributed by atoms with Gasteiger partial charge in [0.2, 0.25) is 5.91 Å². The average Bonchev–Trinajstić information content (AvgIpc) is 3.23. The molecule has 3 N–H and O–H groups in total. The number of carbonyl (C=O) groups is 2. The summed E-state index contributed by atoms with van der Waals surface area (Å²) in [5.74, 6) is -0.312. The second-order valence-corrected chi connectivity index (χ2v) is 6.10. The first-order chi connectivity index (χ1) is 12.0. The molecule has 1 aromatic carbocycles. The number of nitrogens with two attached hydrogens (primary N) is 1. The van der Waals surface area contributed by atoms with Crippen LogP contribution in [0.15, 0.2) is 41.1 Å². The maximum atomic E-state index is 12.9. The summed E-state index contributed by atoms with van der Waals surface area (Å²) in [7, 11) is 0. The standard InChI is InChI=1S/C16H13FN4O3S/c17-10-3-1-9(2-4-10)11-7-19-14(24-11)6-5-13(22)21-16-20-8-12(25-16)15(18)23/h1-4,7-8H,5-6H2,(H2,18,23)(H,20,21,22). The van der Waals surface area contributed by atoms with E-state index < -0.39 is 5.91 Å². The molecule has 0 unspecified atom stereocenters. The number of aryl methyl sites for hydroxylation is 1. The Morgan fingerprint density at radius 3 is 2.64 bits per heavy atom. The maximum absolute atomic E-state index is 12.9. The summed E-state index contributed by atoms with van der Waals surface area (Å²) < 4.78 is 18.5. The number of primary amides is 1. The number of halogens is 1. The zero-order valence-corrected chi connectivity index (χ0v) is 13.7. The van der Waals surface area contributed by atoms with Gasteiger partial charge in [-0.1, -0.05) is 11.3 Å². The fraction of sp³-hybridized carbons (Fsp3) is 0.125. The predicted molar refractivity (Wildman–Crippen MR) is 89.5 cm³/mol. The normalized spacial score (nSPS) is 10.6. The number of benzene rings is 1. The highest BCUT2D eigenvalue weighted by Crippen LogP contribution is 2.21. The molecule has 0 aliphatic carbocycles. The number of hydrogen-bond acceptors (Lipinski definition) is 6. The summed E-state index contributed by atoms with van der Waals surface area (Å²) in [5, 5.41) is 2.89. The van der Waals surface area contributed by atoms with Crippen molar-refractivity contribution in [2.45, 2.75) is 12.8 Å². The Hall–Kier alpha value is -3.07. The Kier molecular flexibility index (Phi) is 4.85. The molecule has 3 rings (SSSR count). The van der Waals surface area contributed by atoms with Crippen LogP contribution in [0.3, 0.4) is 0 Å². The molecule has 3 aromatic rings. The largest absolute Gasteiger partial charge is 0.441 e. The number of aromatic nitrogens is 2. The van der Waals surface area contributed by atoms with Crippen molar-refractivity contribution < 1.29 is 18.4 Å². The first-order valence-electron chi connectivity index (χ1n) is 7.27. The molecular weight excluding hydrogens is 347 g/mol. The van der Waals surface area contributed by atoms with E-state index >= 15 is 0 Å². The maximum Gasteiger partial charge on any atom is 0.260 e. The molecule has 0 saturated carbocycles. The Morgan fingerprint density at radius 1 is 1.20 bits per heavy atom. The number of nitrogens with zero attached hydrogens (tertiary/aromatic N) is 2. The minimum Gasteiger partial charge on any atom is -0.441 e. The van der Waals surface area contributed by atoms with E-state index in [2.05, 4.69) is 15.3 Å². The molecule has 0 aliphatic heterocycles. The van der Waals surface area contributed by atoms with Gasteiger partial charge in [-0.2, -0.15) is 0 Å². The van der Waals surface area contributed by atoms with Crippen molar-refractivity contribution in [1.82, 2.24) is 9.97 Å². The molecule has 0 atom stereocenters. The van der Waals surface area contributed by atoms with E-state index in [0.717, 1.165) is 11.3 Å². The number of anilines is 1. The zero-order chi connectivity index (χ0) is 17.8. The summed E-state index contributed by atoms with van der Waals surface area (Å²) >= 11 is 1.01. The second kappa shape index (κ2) is 7.22. The molecule has 0 bridgehead atoms. The first-order valence-corrected chi connectivity index (χ1v) is 8.09. The summed E-state index contributed by atoms with van der Waals surface area (Å²) in [6, 6.07) is 5.84. The van der Waals surface area contributed by atoms with Gasteiger partial charge in [0.15, 0.2) is 16.8 Å². The summed E-state index contributed by atoms with van der Waals surface area (Å²) in [4.78, 5) is 31.2. The third kappa shape index (κ3) is 4.27. The SMILES string of the molecule is NC(=O)c1cnc(NC(=O)CCc2ncc(-c3ccc(F)cc3)o2)s1. The monoisotopic (exact) mass is 360 g/mol. The van der Waals surface area contributed by atoms with Gasteiger partial charge in [0.05, 0.1) is 12.4 Å². The van der Waals surface area contributed by atoms with Gasteiger partial charge in [0.25, 0.3) is 5.91 Å². The molecule has 9 heteroatoms. The second-order valence-electron chi connectivity index (χ2n) is 5.07. The van der Waals surface area contributed by atoms with Gasteiger partial charge in [-0.15, -0.1) is 0 Å². The number of amides is 2. The molecule has 0 aliphatic rings. The van der Waals surface area contributed by atoms with Crippen LogP contribution in [0.25, 0.3) is 11.3 Å². The van der Waals surface area contributed by atoms with Crippen LogP contribution < -0.4 is 11.1 Å². The van der Waals surface area contributed by atoms with Crippen LogP contribution in [-0.2, 0) is 11.2 Å². The summed E-state index contributed by atoms with van der Waals surface area (Å²) in [6.07, 6.45) is 3.27. The molecule has 7 nitrogen and oxygen atoms in total. The van der Waals surface area contributed by atoms with Crippen LogP contribution in [0.5, 0.6) is 0 Å². The average molecular weight is 360 g/mol. The number of hydrogen-bond donors (Lipinski definition) is 2. The highest BCUT2D eigenvalue weighted by Gasteiger charge is 2.12. The van der Waals surface area contributed by atoms with E-state index in [1.54, 1.807) is 12.1 Å². The Morgan fingerprint density at radius 2 is 1.96 bits per heavy atom. The van der Waals surface area contributed by atoms with Crippen LogP contribution in [0.1, 0.15) is 22.0 Å². The fourth-order valence-electron chi connectivity index (χ4n) is 2.02. The Labute approximate surface area is 145 Å². The van der Waals surface area contributed by atoms with E-state index in [9.17, 15) is 14.0 Å². The van der Waals surface area contributed by atoms with Gasteiger partial charge < -0.3 is 15.5 Å². The van der Waals surface area contributed by atoms with E-state index in [1.165, 1.54) is 24.5 Å². The third-order valence-electron chi connectivity index (χ3n) is 3.24. The number of rotatable bonds is 6. The van der Waals surface area contributed by atoms with Crippen LogP contribution in [0, 0.1) is 5.82 Å². The minimum atomic E-state index is -0.592. The molecule has 128 valence electrons. The fourth-order valence-corrected chi connectivity index (χ4v) is 2.71. The van der Waals surface area contributed by atoms with Crippen LogP contribution >= 0.6 is 11.3 Å². The van der Waals surface area contributed by atoms with Crippen molar-refractivity contribution >= 4 is 28.3 Å². The van der Waals surface area contributed by atoms with Gasteiger partial charge in [0.1, 0.15) is 10.7 Å². The van der Waals surface area contributed by atoms with Crippen molar-refractivity contribution in [3.05, 3.63) is 53.2 Å². The number of carbonyl (C=O) groups excluding carboxylic acids is 2. The van der Waals surface area contributed by atoms with Gasteiger partial charge in [-0.05, 0) is 24.3 Å². The lowest BCUT2D eigenvalue weighted by atomic mass is 10.2. The topological polar surface area (TPSA) is 111 Å². The van der Waals surface area contributed by atoms with Crippen LogP contribution in [0.4, 0.5) is 9.52 Å². The molecule has 0 spiro atoms. The zero-order valence-electron chi connectivity index (χ0n) is 12.9. The minimum absolute atomic E-state index is 0.134. The molecule has 0 saturated heterocycles. The Balaban J connectivity index is 1.55. The first kappa shape index (κ1) is 16.8. The highest BCUT2D eigenvalue weighted by atomic mass is 32.1. The molecule has 0 fully saturated rings. The van der Waals surface area contributed by atoms with Crippen molar-refractivity contribution in [2.24, 2.45) is 5.73 Å². The van der Waals surface area contributed by atoms with Crippen molar-refractivity contribution in [3.8, 4) is 11.3 Å². The third-order valence-corrected chi connectivity index (χ3v) is 4.17. The van der Waals surface area contributed by atoms with E-state index in [1.807, 2.05) is 0 Å². The van der Waals surface area contributed by atoms with Crippen molar-refractivity contribution in [2.75, 3.05) is 5.32 Å². The van der Waals surface area contributed by atoms with Gasteiger partial charge in [0, 0.05) is 18.4 Å². The van der Waals surface area contributed by atoms with Crippen LogP contribution in [0.2, 0.25) is 0 Å². The van der Waals surface area contributed by atoms with Crippen LogP contribution in [-0.4, -0.2) is 21.8 Å². The van der Waals surface area contributed by atoms with Gasteiger partial charge in [-0.25, -0.2) is 14.4 Å². The molecular formula is C16H13FN4O3S. The van der Waals surface area contributed by atoms with Gasteiger partial charge in [-0.3, -0.25) is 9.59 Å². The van der Waals surface area contributed by atoms with E-state index in [0.29, 0.717) is 28.8 Å². The summed E-state index contributed by atoms with van der Waals surface area (Å²) in [6.45, 7) is 0. The molecule has 25 heavy (non-hydrogen) atoms. The molecule has 2 amide bonds. The lowest BCUT2D eigenvalue weighted by molar-refractivity contribution is -0.116. The molecule has 2 heterocycles. The highest BCUT2D eigenvalue weighted by molar-refractivity contribution is 7.17. The van der Waals surface area contributed by atoms with E-state index in [-0.39, 0.29) is 23.0 Å². The number of oxazole rings is 1. The smallest absolute Gasteiger partial charge is 0.260 e. The lowest BCUT2D eigenvalue weighted by Crippen LogP contribution is -2.12. The number of thiazole rings is 1. The lowest BCUT2D eigenvalue weighted by Gasteiger charge is -1.99. The van der Waals surface area contributed by atoms with E-state index in [4.69, 9.17) is 10.2 Å². The summed E-state index contributed by atoms with van der Waals surface area (Å²) in [5.41, 5.74) is 5.83. The van der Waals surface area contributed by atoms with Gasteiger partial charge >= 0.3 is 0 Å². The Bertz CT molecular complexity index is 904. The number of nitrogens with one attached hydrogen (secondary N) is 1. The molecule has 0 radical (unpaired) electrons.